The number of hydrogen-bond acceptors (Lipinski definition) is 3. The summed E-state index contributed by atoms with van der Waals surface area (Å²) in [4.78, 5) is 14.4. The van der Waals surface area contributed by atoms with Crippen molar-refractivity contribution in [2.45, 2.75) is 6.10 Å². The zero-order chi connectivity index (χ0) is 17.8. The minimum Gasteiger partial charge on any atom is -0.371 e. The lowest BCUT2D eigenvalue weighted by Gasteiger charge is -2.32. The zero-order valence-corrected chi connectivity index (χ0v) is 15.6. The summed E-state index contributed by atoms with van der Waals surface area (Å²) in [5.74, 6) is -0.138. The SMILES string of the molecule is O=C(CN1CCOC(c2ccc(Cl)cc2)C1)Nc1cc(Cl)ccc1Cl. The molecule has 4 nitrogen and oxygen atoms in total. The predicted octanol–water partition coefficient (Wildman–Crippen LogP) is 4.66. The van der Waals surface area contributed by atoms with Crippen LogP contribution in [0.2, 0.25) is 15.1 Å². The summed E-state index contributed by atoms with van der Waals surface area (Å²) >= 11 is 17.9. The Morgan fingerprint density at radius 2 is 1.84 bits per heavy atom. The van der Waals surface area contributed by atoms with Crippen molar-refractivity contribution in [2.75, 3.05) is 31.6 Å². The second-order valence-corrected chi connectivity index (χ2v) is 7.10. The molecular weight excluding hydrogens is 383 g/mol. The summed E-state index contributed by atoms with van der Waals surface area (Å²) in [5.41, 5.74) is 1.56. The van der Waals surface area contributed by atoms with Crippen LogP contribution in [0, 0.1) is 0 Å². The number of nitrogens with one attached hydrogen (secondary N) is 1. The fourth-order valence-electron chi connectivity index (χ4n) is 2.71. The molecule has 7 heteroatoms. The van der Waals surface area contributed by atoms with Crippen LogP contribution in [0.25, 0.3) is 0 Å². The molecule has 2 aromatic rings. The number of ether oxygens (including phenoxy) is 1. The van der Waals surface area contributed by atoms with E-state index in [1.807, 2.05) is 24.3 Å². The third-order valence-corrected chi connectivity index (χ3v) is 4.78. The smallest absolute Gasteiger partial charge is 0.238 e. The Morgan fingerprint density at radius 1 is 1.12 bits per heavy atom. The summed E-state index contributed by atoms with van der Waals surface area (Å²) < 4.78 is 5.81. The molecule has 0 aliphatic carbocycles. The zero-order valence-electron chi connectivity index (χ0n) is 13.3. The van der Waals surface area contributed by atoms with E-state index in [2.05, 4.69) is 10.2 Å². The van der Waals surface area contributed by atoms with Crippen LogP contribution in [-0.2, 0) is 9.53 Å². The van der Waals surface area contributed by atoms with E-state index in [0.29, 0.717) is 40.5 Å². The minimum absolute atomic E-state index is 0.0754. The highest BCUT2D eigenvalue weighted by molar-refractivity contribution is 6.35. The van der Waals surface area contributed by atoms with Gasteiger partial charge in [-0.1, -0.05) is 46.9 Å². The molecule has 25 heavy (non-hydrogen) atoms. The van der Waals surface area contributed by atoms with Gasteiger partial charge in [0.15, 0.2) is 0 Å². The molecule has 1 amide bonds. The average Bonchev–Trinajstić information content (AvgIpc) is 2.59. The molecule has 1 N–H and O–H groups in total. The van der Waals surface area contributed by atoms with E-state index in [1.54, 1.807) is 18.2 Å². The molecule has 1 saturated heterocycles. The lowest BCUT2D eigenvalue weighted by Crippen LogP contribution is -2.42. The number of halogens is 3. The maximum Gasteiger partial charge on any atom is 0.238 e. The van der Waals surface area contributed by atoms with Gasteiger partial charge < -0.3 is 10.1 Å². The van der Waals surface area contributed by atoms with Crippen LogP contribution in [-0.4, -0.2) is 37.0 Å². The van der Waals surface area contributed by atoms with Gasteiger partial charge in [0.05, 0.1) is 30.0 Å². The van der Waals surface area contributed by atoms with Gasteiger partial charge in [-0.15, -0.1) is 0 Å². The molecular formula is C18H17Cl3N2O2. The van der Waals surface area contributed by atoms with Gasteiger partial charge in [-0.25, -0.2) is 0 Å². The number of hydrogen-bond donors (Lipinski definition) is 1. The second kappa shape index (κ2) is 8.39. The Morgan fingerprint density at radius 3 is 2.60 bits per heavy atom. The van der Waals surface area contributed by atoms with E-state index >= 15 is 0 Å². The number of amides is 1. The number of morpholine rings is 1. The first-order chi connectivity index (χ1) is 12.0. The molecule has 0 saturated carbocycles. The Hall–Kier alpha value is -1.30. The molecule has 0 bridgehead atoms. The van der Waals surface area contributed by atoms with Crippen molar-refractivity contribution in [1.29, 1.82) is 0 Å². The number of nitrogens with zero attached hydrogens (tertiary/aromatic N) is 1. The Bertz CT molecular complexity index is 752. The summed E-state index contributed by atoms with van der Waals surface area (Å²) in [6.07, 6.45) is -0.0754. The van der Waals surface area contributed by atoms with Crippen molar-refractivity contribution in [3.63, 3.8) is 0 Å². The maximum absolute atomic E-state index is 12.3. The first-order valence-electron chi connectivity index (χ1n) is 7.85. The van der Waals surface area contributed by atoms with Crippen LogP contribution in [0.1, 0.15) is 11.7 Å². The number of benzene rings is 2. The van der Waals surface area contributed by atoms with E-state index in [4.69, 9.17) is 39.5 Å². The fraction of sp³-hybridized carbons (Fsp3) is 0.278. The highest BCUT2D eigenvalue weighted by atomic mass is 35.5. The first-order valence-corrected chi connectivity index (χ1v) is 8.99. The molecule has 0 aromatic heterocycles. The van der Waals surface area contributed by atoms with Crippen molar-refractivity contribution in [3.05, 3.63) is 63.1 Å². The van der Waals surface area contributed by atoms with Crippen LogP contribution in [0.3, 0.4) is 0 Å². The van der Waals surface area contributed by atoms with Crippen molar-refractivity contribution >= 4 is 46.4 Å². The molecule has 1 aliphatic heterocycles. The standard InChI is InChI=1S/C18H17Cl3N2O2/c19-13-3-1-12(2-4-13)17-10-23(7-8-25-17)11-18(24)22-16-9-14(20)5-6-15(16)21/h1-6,9,17H,7-8,10-11H2,(H,22,24). The van der Waals surface area contributed by atoms with Crippen molar-refractivity contribution in [1.82, 2.24) is 4.90 Å². The van der Waals surface area contributed by atoms with E-state index in [-0.39, 0.29) is 18.6 Å². The molecule has 3 rings (SSSR count). The molecule has 1 heterocycles. The molecule has 0 spiro atoms. The molecule has 1 aliphatic rings. The van der Waals surface area contributed by atoms with Crippen LogP contribution >= 0.6 is 34.8 Å². The van der Waals surface area contributed by atoms with Gasteiger partial charge in [0.25, 0.3) is 0 Å². The van der Waals surface area contributed by atoms with Crippen LogP contribution in [0.4, 0.5) is 5.69 Å². The molecule has 2 aromatic carbocycles. The monoisotopic (exact) mass is 398 g/mol. The van der Waals surface area contributed by atoms with Gasteiger partial charge in [0, 0.05) is 23.1 Å². The van der Waals surface area contributed by atoms with E-state index in [9.17, 15) is 4.79 Å². The van der Waals surface area contributed by atoms with Gasteiger partial charge in [0.1, 0.15) is 0 Å². The van der Waals surface area contributed by atoms with Crippen LogP contribution < -0.4 is 5.32 Å². The highest BCUT2D eigenvalue weighted by Gasteiger charge is 2.23. The Balaban J connectivity index is 1.59. The van der Waals surface area contributed by atoms with Gasteiger partial charge >= 0.3 is 0 Å². The normalized spacial score (nSPS) is 18.1. The molecule has 132 valence electrons. The topological polar surface area (TPSA) is 41.6 Å². The van der Waals surface area contributed by atoms with Crippen molar-refractivity contribution < 1.29 is 9.53 Å². The number of carbonyl (C=O) groups excluding carboxylic acids is 1. The second-order valence-electron chi connectivity index (χ2n) is 5.82. The van der Waals surface area contributed by atoms with Crippen LogP contribution in [0.5, 0.6) is 0 Å². The third kappa shape index (κ3) is 5.09. The van der Waals surface area contributed by atoms with E-state index < -0.39 is 0 Å². The van der Waals surface area contributed by atoms with Crippen LogP contribution in [0.15, 0.2) is 42.5 Å². The summed E-state index contributed by atoms with van der Waals surface area (Å²) in [5, 5.41) is 4.47. The van der Waals surface area contributed by atoms with E-state index in [1.165, 1.54) is 0 Å². The largest absolute Gasteiger partial charge is 0.371 e. The maximum atomic E-state index is 12.3. The molecule has 1 fully saturated rings. The Kier molecular flexibility index (Phi) is 6.20. The Labute approximate surface area is 161 Å². The minimum atomic E-state index is -0.138. The number of carbonyl (C=O) groups is 1. The highest BCUT2D eigenvalue weighted by Crippen LogP contribution is 2.26. The summed E-state index contributed by atoms with van der Waals surface area (Å²) in [6.45, 7) is 2.16. The van der Waals surface area contributed by atoms with Crippen molar-refractivity contribution in [2.24, 2.45) is 0 Å². The van der Waals surface area contributed by atoms with Gasteiger partial charge in [0.2, 0.25) is 5.91 Å². The van der Waals surface area contributed by atoms with Crippen molar-refractivity contribution in [3.8, 4) is 0 Å². The fourth-order valence-corrected chi connectivity index (χ4v) is 3.17. The molecule has 1 unspecified atom stereocenters. The number of rotatable bonds is 4. The van der Waals surface area contributed by atoms with Gasteiger partial charge in [-0.3, -0.25) is 9.69 Å². The molecule has 1 atom stereocenters. The molecule has 0 radical (unpaired) electrons. The first kappa shape index (κ1) is 18.5. The lowest BCUT2D eigenvalue weighted by atomic mass is 10.1. The summed E-state index contributed by atoms with van der Waals surface area (Å²) in [6, 6.07) is 12.5. The average molecular weight is 400 g/mol. The summed E-state index contributed by atoms with van der Waals surface area (Å²) in [7, 11) is 0. The predicted molar refractivity (Wildman–Crippen MR) is 102 cm³/mol. The van der Waals surface area contributed by atoms with Gasteiger partial charge in [-0.05, 0) is 35.9 Å². The van der Waals surface area contributed by atoms with E-state index in [0.717, 1.165) is 5.56 Å². The number of anilines is 1. The quantitative estimate of drug-likeness (QED) is 0.813. The lowest BCUT2D eigenvalue weighted by molar-refractivity contribution is -0.119. The third-order valence-electron chi connectivity index (χ3n) is 3.96. The van der Waals surface area contributed by atoms with Gasteiger partial charge in [-0.2, -0.15) is 0 Å².